The van der Waals surface area contributed by atoms with E-state index in [4.69, 9.17) is 14.2 Å². The number of carbonyl (C=O) groups is 3. The predicted octanol–water partition coefficient (Wildman–Crippen LogP) is 22.7. The van der Waals surface area contributed by atoms with E-state index in [1.165, 1.54) is 70.6 Å². The number of hydrogen-bond acceptors (Lipinski definition) is 6. The average molecular weight is 1120 g/mol. The van der Waals surface area contributed by atoms with Crippen molar-refractivity contribution in [3.63, 3.8) is 0 Å². The van der Waals surface area contributed by atoms with Gasteiger partial charge in [-0.25, -0.2) is 0 Å². The molecule has 0 aliphatic rings. The summed E-state index contributed by atoms with van der Waals surface area (Å²) in [6.45, 7) is 6.32. The van der Waals surface area contributed by atoms with Gasteiger partial charge in [-0.05, 0) is 141 Å². The minimum atomic E-state index is -0.832. The largest absolute Gasteiger partial charge is 0.462 e. The highest BCUT2D eigenvalue weighted by Gasteiger charge is 2.19. The minimum absolute atomic E-state index is 0.121. The monoisotopic (exact) mass is 1110 g/mol. The number of carbonyl (C=O) groups excluding carboxylic acids is 3. The van der Waals surface area contributed by atoms with Crippen LogP contribution in [0.2, 0.25) is 0 Å². The fourth-order valence-corrected chi connectivity index (χ4v) is 8.38. The smallest absolute Gasteiger partial charge is 0.306 e. The summed E-state index contributed by atoms with van der Waals surface area (Å²) in [5, 5.41) is 0. The van der Waals surface area contributed by atoms with Gasteiger partial charge in [-0.2, -0.15) is 0 Å². The van der Waals surface area contributed by atoms with Crippen LogP contribution in [0, 0.1) is 0 Å². The summed E-state index contributed by atoms with van der Waals surface area (Å²) >= 11 is 0. The van der Waals surface area contributed by atoms with Crippen molar-refractivity contribution in [1.82, 2.24) is 0 Å². The number of rotatable bonds is 57. The number of esters is 3. The van der Waals surface area contributed by atoms with Gasteiger partial charge in [0.1, 0.15) is 13.2 Å². The standard InChI is InChI=1S/C75H118O6/c1-4-7-10-13-16-19-22-25-28-31-34-36-37-39-41-44-47-50-53-56-59-62-65-68-74(77)80-71-72(70-79-73(76)67-64-61-58-55-52-49-46-43-40-33-30-27-24-21-18-15-12-9-6-3)81-75(78)69-66-63-60-57-54-51-48-45-42-38-35-32-29-26-23-20-17-14-11-8-5-2/h7,9-10,12,16,18-19,21,23,25-28,30,32,34-36,39-43,45,49,52,58,61,72H,4-6,8,11,13-15,17,20,22,24,29,31,33,37-38,44,46-48,50-51,53-57,59-60,62-71H2,1-3H3/b10-7-,12-9-,19-16-,21-18-,26-23-,28-25-,30-27-,35-32-,36-34-,41-39-,43-40-,45-42-,52-49-,61-58-. The SMILES string of the molecule is CC/C=C\C/C=C\C/C=C\C/C=C\C/C=C\C/C=C\CCC(=O)OCC(COC(=O)CCCCCCCCC/C=C\C/C=C\C/C=C\C/C=C\C/C=C\CC)OC(=O)CCCCCCCC/C=C\C/C=C\C/C=C\CCCCCCC. The van der Waals surface area contributed by atoms with E-state index in [9.17, 15) is 14.4 Å². The van der Waals surface area contributed by atoms with Crippen LogP contribution in [0.5, 0.6) is 0 Å². The van der Waals surface area contributed by atoms with Gasteiger partial charge in [-0.1, -0.05) is 274 Å². The molecule has 6 heteroatoms. The van der Waals surface area contributed by atoms with Crippen molar-refractivity contribution >= 4 is 17.9 Å². The van der Waals surface area contributed by atoms with Gasteiger partial charge in [0.05, 0.1) is 0 Å². The predicted molar refractivity (Wildman–Crippen MR) is 352 cm³/mol. The van der Waals surface area contributed by atoms with Crippen LogP contribution in [0.4, 0.5) is 0 Å². The lowest BCUT2D eigenvalue weighted by Crippen LogP contribution is -2.30. The van der Waals surface area contributed by atoms with Crippen LogP contribution in [0.3, 0.4) is 0 Å². The Morgan fingerprint density at radius 3 is 0.827 bits per heavy atom. The number of ether oxygens (including phenoxy) is 3. The third-order valence-corrected chi connectivity index (χ3v) is 13.2. The van der Waals surface area contributed by atoms with E-state index < -0.39 is 6.10 Å². The summed E-state index contributed by atoms with van der Waals surface area (Å²) in [4.78, 5) is 38.4. The molecule has 0 saturated carbocycles. The van der Waals surface area contributed by atoms with Gasteiger partial charge in [0.25, 0.3) is 0 Å². The Labute approximate surface area is 498 Å². The van der Waals surface area contributed by atoms with E-state index >= 15 is 0 Å². The van der Waals surface area contributed by atoms with Crippen molar-refractivity contribution in [1.29, 1.82) is 0 Å². The Morgan fingerprint density at radius 1 is 0.259 bits per heavy atom. The third kappa shape index (κ3) is 65.5. The molecule has 0 aromatic heterocycles. The van der Waals surface area contributed by atoms with E-state index in [2.05, 4.69) is 185 Å². The summed E-state index contributed by atoms with van der Waals surface area (Å²) in [6.07, 6.45) is 99.3. The van der Waals surface area contributed by atoms with Crippen LogP contribution in [0.15, 0.2) is 170 Å². The molecular formula is C75H118O6. The molecule has 0 amide bonds. The van der Waals surface area contributed by atoms with Crippen molar-refractivity contribution in [3.8, 4) is 0 Å². The van der Waals surface area contributed by atoms with Crippen LogP contribution in [-0.4, -0.2) is 37.2 Å². The van der Waals surface area contributed by atoms with Gasteiger partial charge < -0.3 is 14.2 Å². The molecule has 0 aromatic rings. The number of unbranched alkanes of at least 4 members (excludes halogenated alkanes) is 18. The normalized spacial score (nSPS) is 13.3. The maximum absolute atomic E-state index is 12.9. The maximum atomic E-state index is 12.9. The summed E-state index contributed by atoms with van der Waals surface area (Å²) in [7, 11) is 0. The molecular weight excluding hydrogens is 997 g/mol. The van der Waals surface area contributed by atoms with Crippen LogP contribution < -0.4 is 0 Å². The Morgan fingerprint density at radius 2 is 0.506 bits per heavy atom. The molecule has 81 heavy (non-hydrogen) atoms. The third-order valence-electron chi connectivity index (χ3n) is 13.2. The quantitative estimate of drug-likeness (QED) is 0.0261. The van der Waals surface area contributed by atoms with Gasteiger partial charge in [0, 0.05) is 19.3 Å². The second-order valence-corrected chi connectivity index (χ2v) is 20.9. The zero-order valence-electron chi connectivity index (χ0n) is 52.0. The van der Waals surface area contributed by atoms with E-state index in [0.717, 1.165) is 148 Å². The molecule has 0 aromatic carbocycles. The Bertz CT molecular complexity index is 1860. The molecule has 1 unspecified atom stereocenters. The molecule has 0 rings (SSSR count). The lowest BCUT2D eigenvalue weighted by atomic mass is 10.1. The van der Waals surface area contributed by atoms with Crippen molar-refractivity contribution in [2.45, 2.75) is 271 Å². The van der Waals surface area contributed by atoms with Crippen LogP contribution in [0.1, 0.15) is 265 Å². The summed E-state index contributed by atoms with van der Waals surface area (Å²) < 4.78 is 16.9. The van der Waals surface area contributed by atoms with Gasteiger partial charge in [-0.3, -0.25) is 14.4 Å². The lowest BCUT2D eigenvalue weighted by Gasteiger charge is -2.18. The molecule has 1 atom stereocenters. The molecule has 0 aliphatic heterocycles. The summed E-state index contributed by atoms with van der Waals surface area (Å²) in [6, 6.07) is 0. The zero-order valence-corrected chi connectivity index (χ0v) is 52.0. The molecule has 0 bridgehead atoms. The Hall–Kier alpha value is -5.23. The van der Waals surface area contributed by atoms with Crippen molar-refractivity contribution < 1.29 is 28.6 Å². The van der Waals surface area contributed by atoms with E-state index in [0.29, 0.717) is 12.8 Å². The molecule has 0 aliphatic carbocycles. The van der Waals surface area contributed by atoms with Gasteiger partial charge in [0.2, 0.25) is 0 Å². The molecule has 0 spiro atoms. The van der Waals surface area contributed by atoms with E-state index in [-0.39, 0.29) is 44.0 Å². The van der Waals surface area contributed by atoms with Crippen LogP contribution >= 0.6 is 0 Å². The highest BCUT2D eigenvalue weighted by Crippen LogP contribution is 2.14. The second kappa shape index (κ2) is 67.3. The molecule has 0 radical (unpaired) electrons. The first-order valence-corrected chi connectivity index (χ1v) is 32.6. The number of allylic oxidation sites excluding steroid dienone is 28. The van der Waals surface area contributed by atoms with Crippen LogP contribution in [0.25, 0.3) is 0 Å². The van der Waals surface area contributed by atoms with Gasteiger partial charge in [-0.15, -0.1) is 0 Å². The highest BCUT2D eigenvalue weighted by molar-refractivity contribution is 5.71. The molecule has 0 fully saturated rings. The van der Waals surface area contributed by atoms with Crippen molar-refractivity contribution in [3.05, 3.63) is 170 Å². The first-order valence-electron chi connectivity index (χ1n) is 32.6. The van der Waals surface area contributed by atoms with E-state index in [1.807, 2.05) is 6.08 Å². The van der Waals surface area contributed by atoms with Crippen LogP contribution in [-0.2, 0) is 28.6 Å². The molecule has 0 saturated heterocycles. The van der Waals surface area contributed by atoms with Crippen molar-refractivity contribution in [2.24, 2.45) is 0 Å². The van der Waals surface area contributed by atoms with Gasteiger partial charge in [0.15, 0.2) is 6.10 Å². The second-order valence-electron chi connectivity index (χ2n) is 20.9. The average Bonchev–Trinajstić information content (AvgIpc) is 3.47. The van der Waals surface area contributed by atoms with Crippen molar-refractivity contribution in [2.75, 3.05) is 13.2 Å². The first-order chi connectivity index (χ1) is 40.0. The molecule has 0 N–H and O–H groups in total. The fourth-order valence-electron chi connectivity index (χ4n) is 8.38. The Balaban J connectivity index is 4.57. The maximum Gasteiger partial charge on any atom is 0.306 e. The lowest BCUT2D eigenvalue weighted by molar-refractivity contribution is -0.166. The highest BCUT2D eigenvalue weighted by atomic mass is 16.6. The fraction of sp³-hybridized carbons (Fsp3) is 0.587. The minimum Gasteiger partial charge on any atom is -0.462 e. The first kappa shape index (κ1) is 75.8. The summed E-state index contributed by atoms with van der Waals surface area (Å²) in [5.41, 5.74) is 0. The number of hydrogen-bond donors (Lipinski definition) is 0. The molecule has 6 nitrogen and oxygen atoms in total. The summed E-state index contributed by atoms with van der Waals surface area (Å²) in [5.74, 6) is -1.03. The van der Waals surface area contributed by atoms with Gasteiger partial charge >= 0.3 is 17.9 Å². The zero-order chi connectivity index (χ0) is 58.5. The van der Waals surface area contributed by atoms with E-state index in [1.54, 1.807) is 0 Å². The Kier molecular flexibility index (Phi) is 62.9. The molecule has 0 heterocycles. The molecule has 454 valence electrons. The topological polar surface area (TPSA) is 78.9 Å².